The van der Waals surface area contributed by atoms with E-state index in [1.165, 1.54) is 13.2 Å². The van der Waals surface area contributed by atoms with Crippen LogP contribution in [-0.4, -0.2) is 35.7 Å². The number of amides is 1. The topological polar surface area (TPSA) is 111 Å². The molecule has 0 saturated heterocycles. The molecule has 0 saturated carbocycles. The van der Waals surface area contributed by atoms with Crippen LogP contribution in [0.25, 0.3) is 22.6 Å². The van der Waals surface area contributed by atoms with Gasteiger partial charge in [-0.1, -0.05) is 18.2 Å². The number of carbonyl (C=O) groups is 2. The van der Waals surface area contributed by atoms with Gasteiger partial charge in [-0.25, -0.2) is 9.78 Å². The van der Waals surface area contributed by atoms with E-state index in [9.17, 15) is 14.7 Å². The molecule has 1 amide bonds. The molecule has 0 unspecified atom stereocenters. The monoisotopic (exact) mass is 432 g/mol. The molecule has 4 aromatic rings. The predicted molar refractivity (Wildman–Crippen MR) is 118 cm³/mol. The fourth-order valence-electron chi connectivity index (χ4n) is 3.16. The number of hydrogen-bond acceptors (Lipinski definition) is 6. The minimum absolute atomic E-state index is 0.0318. The van der Waals surface area contributed by atoms with E-state index in [0.29, 0.717) is 28.3 Å². The molecule has 1 aromatic heterocycles. The van der Waals surface area contributed by atoms with Gasteiger partial charge in [0.05, 0.1) is 7.11 Å². The summed E-state index contributed by atoms with van der Waals surface area (Å²) in [5.74, 6) is -0.132. The van der Waals surface area contributed by atoms with Crippen LogP contribution in [0.15, 0.2) is 65.1 Å². The Morgan fingerprint density at radius 2 is 1.84 bits per heavy atom. The number of aromatic carboxylic acids is 1. The van der Waals surface area contributed by atoms with Crippen molar-refractivity contribution in [3.05, 3.63) is 71.8 Å². The molecule has 1 heterocycles. The molecule has 0 aliphatic heterocycles. The number of methoxy groups -OCH3 is 1. The van der Waals surface area contributed by atoms with E-state index in [1.807, 2.05) is 31.2 Å². The fourth-order valence-corrected chi connectivity index (χ4v) is 3.16. The van der Waals surface area contributed by atoms with Gasteiger partial charge in [0.15, 0.2) is 12.2 Å². The van der Waals surface area contributed by atoms with Crippen molar-refractivity contribution in [2.75, 3.05) is 19.0 Å². The van der Waals surface area contributed by atoms with Crippen molar-refractivity contribution in [3.8, 4) is 23.0 Å². The molecule has 2 N–H and O–H groups in total. The van der Waals surface area contributed by atoms with Crippen molar-refractivity contribution in [1.29, 1.82) is 0 Å². The number of carboxylic acids is 1. The number of oxazole rings is 1. The SMILES string of the molecule is COc1cc(C(=O)O)c2oc(-c3ccc(NC(=O)COc4ccccc4C)cc3)nc2c1. The van der Waals surface area contributed by atoms with Crippen molar-refractivity contribution in [2.45, 2.75) is 6.92 Å². The maximum Gasteiger partial charge on any atom is 0.339 e. The lowest BCUT2D eigenvalue weighted by molar-refractivity contribution is -0.118. The summed E-state index contributed by atoms with van der Waals surface area (Å²) < 4.78 is 16.4. The highest BCUT2D eigenvalue weighted by molar-refractivity contribution is 6.01. The van der Waals surface area contributed by atoms with Crippen molar-refractivity contribution >= 4 is 28.7 Å². The molecule has 0 radical (unpaired) electrons. The summed E-state index contributed by atoms with van der Waals surface area (Å²) in [6.45, 7) is 1.80. The number of para-hydroxylation sites is 1. The second kappa shape index (κ2) is 8.81. The molecule has 0 aliphatic carbocycles. The molecule has 8 nitrogen and oxygen atoms in total. The summed E-state index contributed by atoms with van der Waals surface area (Å²) in [4.78, 5) is 28.1. The molecule has 0 spiro atoms. The van der Waals surface area contributed by atoms with Crippen LogP contribution in [0.1, 0.15) is 15.9 Å². The maximum atomic E-state index is 12.2. The zero-order chi connectivity index (χ0) is 22.7. The predicted octanol–water partition coefficient (Wildman–Crippen LogP) is 4.53. The maximum absolute atomic E-state index is 12.2. The van der Waals surface area contributed by atoms with Gasteiger partial charge in [0.2, 0.25) is 5.89 Å². The molecule has 0 aliphatic rings. The van der Waals surface area contributed by atoms with E-state index in [1.54, 1.807) is 30.3 Å². The normalized spacial score (nSPS) is 10.7. The van der Waals surface area contributed by atoms with Gasteiger partial charge in [-0.05, 0) is 48.9 Å². The van der Waals surface area contributed by atoms with Crippen molar-refractivity contribution in [2.24, 2.45) is 0 Å². The van der Waals surface area contributed by atoms with Gasteiger partial charge in [0, 0.05) is 17.3 Å². The lowest BCUT2D eigenvalue weighted by Gasteiger charge is -2.09. The van der Waals surface area contributed by atoms with Gasteiger partial charge in [-0.15, -0.1) is 0 Å². The Balaban J connectivity index is 1.48. The second-order valence-corrected chi connectivity index (χ2v) is 7.03. The number of rotatable bonds is 7. The Kier molecular flexibility index (Phi) is 5.76. The van der Waals surface area contributed by atoms with E-state index < -0.39 is 5.97 Å². The first-order valence-corrected chi connectivity index (χ1v) is 9.75. The smallest absolute Gasteiger partial charge is 0.339 e. The van der Waals surface area contributed by atoms with Crippen molar-refractivity contribution in [1.82, 2.24) is 4.98 Å². The van der Waals surface area contributed by atoms with Crippen LogP contribution in [-0.2, 0) is 4.79 Å². The number of carbonyl (C=O) groups excluding carboxylic acids is 1. The van der Waals surface area contributed by atoms with E-state index in [2.05, 4.69) is 10.3 Å². The standard InChI is InChI=1S/C24H20N2O6/c1-14-5-3-4-6-20(14)31-13-21(27)25-16-9-7-15(8-10-16)23-26-19-12-17(30-2)11-18(24(28)29)22(19)32-23/h3-12H,13H2,1-2H3,(H,25,27)(H,28,29). The summed E-state index contributed by atoms with van der Waals surface area (Å²) in [6, 6.07) is 17.3. The summed E-state index contributed by atoms with van der Waals surface area (Å²) in [7, 11) is 1.45. The van der Waals surface area contributed by atoms with E-state index >= 15 is 0 Å². The number of hydrogen-bond donors (Lipinski definition) is 2. The van der Waals surface area contributed by atoms with Gasteiger partial charge in [0.25, 0.3) is 5.91 Å². The number of aryl methyl sites for hydroxylation is 1. The Labute approximate surface area is 183 Å². The van der Waals surface area contributed by atoms with Crippen molar-refractivity contribution in [3.63, 3.8) is 0 Å². The molecule has 32 heavy (non-hydrogen) atoms. The van der Waals surface area contributed by atoms with E-state index in [0.717, 1.165) is 5.56 Å². The molecule has 162 valence electrons. The third kappa shape index (κ3) is 4.39. The van der Waals surface area contributed by atoms with Gasteiger partial charge in [-0.3, -0.25) is 4.79 Å². The molecule has 3 aromatic carbocycles. The number of fused-ring (bicyclic) bond motifs is 1. The van der Waals surface area contributed by atoms with Gasteiger partial charge in [-0.2, -0.15) is 0 Å². The zero-order valence-electron chi connectivity index (χ0n) is 17.4. The first-order valence-electron chi connectivity index (χ1n) is 9.75. The van der Waals surface area contributed by atoms with Gasteiger partial charge >= 0.3 is 5.97 Å². The summed E-state index contributed by atoms with van der Waals surface area (Å²) in [5, 5.41) is 12.2. The third-order valence-corrected chi connectivity index (χ3v) is 4.80. The number of nitrogens with zero attached hydrogens (tertiary/aromatic N) is 1. The first-order chi connectivity index (χ1) is 15.4. The summed E-state index contributed by atoms with van der Waals surface area (Å²) in [6.07, 6.45) is 0. The number of anilines is 1. The van der Waals surface area contributed by atoms with Crippen LogP contribution < -0.4 is 14.8 Å². The highest BCUT2D eigenvalue weighted by Crippen LogP contribution is 2.30. The Morgan fingerprint density at radius 1 is 1.09 bits per heavy atom. The van der Waals surface area contributed by atoms with Crippen LogP contribution in [0.4, 0.5) is 5.69 Å². The first kappa shape index (κ1) is 20.9. The summed E-state index contributed by atoms with van der Waals surface area (Å²) in [5.41, 5.74) is 2.67. The zero-order valence-corrected chi connectivity index (χ0v) is 17.4. The molecule has 0 atom stereocenters. The number of nitrogens with one attached hydrogen (secondary N) is 1. The molecule has 8 heteroatoms. The largest absolute Gasteiger partial charge is 0.497 e. The van der Waals surface area contributed by atoms with Crippen LogP contribution in [0.5, 0.6) is 11.5 Å². The number of carboxylic acid groups (broad SMARTS) is 1. The quantitative estimate of drug-likeness (QED) is 0.441. The lowest BCUT2D eigenvalue weighted by Crippen LogP contribution is -2.20. The second-order valence-electron chi connectivity index (χ2n) is 7.03. The number of aromatic nitrogens is 1. The molecule has 0 fully saturated rings. The minimum Gasteiger partial charge on any atom is -0.497 e. The Morgan fingerprint density at radius 3 is 2.53 bits per heavy atom. The van der Waals surface area contributed by atoms with E-state index in [4.69, 9.17) is 13.9 Å². The van der Waals surface area contributed by atoms with Gasteiger partial charge in [0.1, 0.15) is 22.6 Å². The highest BCUT2D eigenvalue weighted by Gasteiger charge is 2.18. The Hall–Kier alpha value is -4.33. The number of ether oxygens (including phenoxy) is 2. The molecule has 0 bridgehead atoms. The molecule has 4 rings (SSSR count). The third-order valence-electron chi connectivity index (χ3n) is 4.80. The average Bonchev–Trinajstić information content (AvgIpc) is 3.22. The Bertz CT molecular complexity index is 1290. The summed E-state index contributed by atoms with van der Waals surface area (Å²) >= 11 is 0. The van der Waals surface area contributed by atoms with Crippen molar-refractivity contribution < 1.29 is 28.6 Å². The van der Waals surface area contributed by atoms with Crippen LogP contribution in [0, 0.1) is 6.92 Å². The van der Waals surface area contributed by atoms with Crippen LogP contribution in [0.2, 0.25) is 0 Å². The van der Waals surface area contributed by atoms with E-state index in [-0.39, 0.29) is 29.6 Å². The van der Waals surface area contributed by atoms with Crippen LogP contribution in [0.3, 0.4) is 0 Å². The van der Waals surface area contributed by atoms with Gasteiger partial charge < -0.3 is 24.3 Å². The lowest BCUT2D eigenvalue weighted by atomic mass is 10.2. The number of benzene rings is 3. The fraction of sp³-hybridized carbons (Fsp3) is 0.125. The highest BCUT2D eigenvalue weighted by atomic mass is 16.5. The van der Waals surface area contributed by atoms with Crippen LogP contribution >= 0.6 is 0 Å². The molecular formula is C24H20N2O6. The minimum atomic E-state index is -1.14. The average molecular weight is 432 g/mol. The molecular weight excluding hydrogens is 412 g/mol.